The fourth-order valence-electron chi connectivity index (χ4n) is 4.61. The topological polar surface area (TPSA) is 61.9 Å². The number of hydrogen-bond donors (Lipinski definition) is 1. The summed E-state index contributed by atoms with van der Waals surface area (Å²) in [7, 11) is 0. The SMILES string of the molecule is O=C(NCCC(=O)N1CCC(N2CCCCC2)CC1)c1ccc(Oc2ccccc2)cc1. The number of hydrogen-bond acceptors (Lipinski definition) is 4. The number of carbonyl (C=O) groups is 2. The molecular weight excluding hydrogens is 402 g/mol. The zero-order valence-corrected chi connectivity index (χ0v) is 18.7. The molecule has 0 radical (unpaired) electrons. The van der Waals surface area contributed by atoms with Crippen LogP contribution < -0.4 is 10.1 Å². The smallest absolute Gasteiger partial charge is 0.251 e. The van der Waals surface area contributed by atoms with Gasteiger partial charge in [0.25, 0.3) is 5.91 Å². The number of rotatable bonds is 7. The Morgan fingerprint density at radius 2 is 1.50 bits per heavy atom. The van der Waals surface area contributed by atoms with Crippen molar-refractivity contribution in [3.8, 4) is 11.5 Å². The largest absolute Gasteiger partial charge is 0.457 e. The van der Waals surface area contributed by atoms with E-state index in [-0.39, 0.29) is 11.8 Å². The molecule has 2 saturated heterocycles. The summed E-state index contributed by atoms with van der Waals surface area (Å²) in [6.45, 7) is 4.44. The van der Waals surface area contributed by atoms with Gasteiger partial charge in [0.05, 0.1) is 0 Å². The summed E-state index contributed by atoms with van der Waals surface area (Å²) in [4.78, 5) is 29.5. The average molecular weight is 436 g/mol. The molecule has 6 heteroatoms. The Morgan fingerprint density at radius 1 is 0.844 bits per heavy atom. The summed E-state index contributed by atoms with van der Waals surface area (Å²) in [5.74, 6) is 1.39. The van der Waals surface area contributed by atoms with E-state index in [1.807, 2.05) is 35.2 Å². The summed E-state index contributed by atoms with van der Waals surface area (Å²) in [6, 6.07) is 17.2. The molecule has 170 valence electrons. The highest BCUT2D eigenvalue weighted by atomic mass is 16.5. The normalized spacial score (nSPS) is 17.7. The van der Waals surface area contributed by atoms with Crippen molar-refractivity contribution in [2.75, 3.05) is 32.7 Å². The molecule has 0 saturated carbocycles. The van der Waals surface area contributed by atoms with Crippen LogP contribution in [0.25, 0.3) is 0 Å². The van der Waals surface area contributed by atoms with Crippen molar-refractivity contribution in [1.82, 2.24) is 15.1 Å². The fourth-order valence-corrected chi connectivity index (χ4v) is 4.61. The van der Waals surface area contributed by atoms with Crippen LogP contribution in [0.3, 0.4) is 0 Å². The Bertz CT molecular complexity index is 871. The number of ether oxygens (including phenoxy) is 1. The van der Waals surface area contributed by atoms with Crippen LogP contribution in [0.5, 0.6) is 11.5 Å². The van der Waals surface area contributed by atoms with Crippen LogP contribution in [0.15, 0.2) is 54.6 Å². The van der Waals surface area contributed by atoms with E-state index in [2.05, 4.69) is 10.2 Å². The lowest BCUT2D eigenvalue weighted by atomic mass is 10.00. The second-order valence-corrected chi connectivity index (χ2v) is 8.65. The number of nitrogens with zero attached hydrogens (tertiary/aromatic N) is 2. The first-order chi connectivity index (χ1) is 15.7. The number of carbonyl (C=O) groups excluding carboxylic acids is 2. The summed E-state index contributed by atoms with van der Waals surface area (Å²) < 4.78 is 5.75. The van der Waals surface area contributed by atoms with Gasteiger partial charge in [0.1, 0.15) is 11.5 Å². The molecule has 2 aliphatic rings. The first-order valence-corrected chi connectivity index (χ1v) is 11.8. The second-order valence-electron chi connectivity index (χ2n) is 8.65. The fraction of sp³-hybridized carbons (Fsp3) is 0.462. The molecule has 32 heavy (non-hydrogen) atoms. The van der Waals surface area contributed by atoms with Crippen LogP contribution in [0, 0.1) is 0 Å². The highest BCUT2D eigenvalue weighted by Gasteiger charge is 2.27. The predicted molar refractivity (Wildman–Crippen MR) is 125 cm³/mol. The van der Waals surface area contributed by atoms with E-state index in [9.17, 15) is 9.59 Å². The van der Waals surface area contributed by atoms with Gasteiger partial charge in [-0.25, -0.2) is 0 Å². The number of piperidine rings is 2. The zero-order valence-electron chi connectivity index (χ0n) is 18.7. The molecule has 0 unspecified atom stereocenters. The van der Waals surface area contributed by atoms with E-state index >= 15 is 0 Å². The van der Waals surface area contributed by atoms with Crippen LogP contribution in [-0.2, 0) is 4.79 Å². The Kier molecular flexibility index (Phi) is 7.77. The van der Waals surface area contributed by atoms with Gasteiger partial charge in [0.2, 0.25) is 5.91 Å². The van der Waals surface area contributed by atoms with E-state index in [0.29, 0.717) is 30.3 Å². The van der Waals surface area contributed by atoms with Gasteiger partial charge in [0, 0.05) is 37.7 Å². The summed E-state index contributed by atoms with van der Waals surface area (Å²) in [5, 5.41) is 2.86. The van der Waals surface area contributed by atoms with E-state index in [4.69, 9.17) is 4.74 Å². The number of nitrogens with one attached hydrogen (secondary N) is 1. The number of amides is 2. The minimum absolute atomic E-state index is 0.133. The molecule has 1 N–H and O–H groups in total. The third kappa shape index (κ3) is 6.10. The standard InChI is InChI=1S/C26H33N3O3/c30-25(29-19-14-22(15-20-29)28-17-5-2-6-18-28)13-16-27-26(31)21-9-11-24(12-10-21)32-23-7-3-1-4-8-23/h1,3-4,7-12,22H,2,5-6,13-20H2,(H,27,31). The third-order valence-electron chi connectivity index (χ3n) is 6.44. The van der Waals surface area contributed by atoms with Crippen molar-refractivity contribution in [2.24, 2.45) is 0 Å². The molecule has 0 spiro atoms. The number of benzene rings is 2. The molecule has 0 bridgehead atoms. The summed E-state index contributed by atoms with van der Waals surface area (Å²) >= 11 is 0. The van der Waals surface area contributed by atoms with Crippen LogP contribution in [-0.4, -0.2) is 60.4 Å². The first kappa shape index (κ1) is 22.3. The Labute approximate surface area is 190 Å². The van der Waals surface area contributed by atoms with E-state index in [1.165, 1.54) is 32.4 Å². The Balaban J connectivity index is 1.16. The third-order valence-corrected chi connectivity index (χ3v) is 6.44. The molecule has 2 amide bonds. The van der Waals surface area contributed by atoms with E-state index in [0.717, 1.165) is 31.7 Å². The Morgan fingerprint density at radius 3 is 2.19 bits per heavy atom. The molecule has 2 aliphatic heterocycles. The quantitative estimate of drug-likeness (QED) is 0.712. The van der Waals surface area contributed by atoms with Gasteiger partial charge in [-0.3, -0.25) is 9.59 Å². The van der Waals surface area contributed by atoms with Crippen molar-refractivity contribution >= 4 is 11.8 Å². The molecule has 2 aromatic rings. The minimum atomic E-state index is -0.173. The van der Waals surface area contributed by atoms with Gasteiger partial charge < -0.3 is 19.9 Å². The van der Waals surface area contributed by atoms with Crippen molar-refractivity contribution in [3.63, 3.8) is 0 Å². The predicted octanol–water partition coefficient (Wildman–Crippen LogP) is 4.08. The molecule has 6 nitrogen and oxygen atoms in total. The second kappa shape index (κ2) is 11.1. The van der Waals surface area contributed by atoms with Gasteiger partial charge in [0.15, 0.2) is 0 Å². The highest BCUT2D eigenvalue weighted by Crippen LogP contribution is 2.22. The van der Waals surface area contributed by atoms with Crippen molar-refractivity contribution in [2.45, 2.75) is 44.6 Å². The van der Waals surface area contributed by atoms with Crippen LogP contribution in [0.2, 0.25) is 0 Å². The van der Waals surface area contributed by atoms with Gasteiger partial charge in [-0.2, -0.15) is 0 Å². The molecule has 4 rings (SSSR count). The summed E-state index contributed by atoms with van der Waals surface area (Å²) in [5.41, 5.74) is 0.556. The highest BCUT2D eigenvalue weighted by molar-refractivity contribution is 5.94. The van der Waals surface area contributed by atoms with Crippen molar-refractivity contribution in [1.29, 1.82) is 0 Å². The lowest BCUT2D eigenvalue weighted by Crippen LogP contribution is -2.48. The molecule has 0 aliphatic carbocycles. The van der Waals surface area contributed by atoms with Crippen molar-refractivity contribution in [3.05, 3.63) is 60.2 Å². The van der Waals surface area contributed by atoms with Crippen LogP contribution >= 0.6 is 0 Å². The number of para-hydroxylation sites is 1. The molecule has 0 atom stereocenters. The van der Waals surface area contributed by atoms with Gasteiger partial charge in [-0.05, 0) is 75.2 Å². The summed E-state index contributed by atoms with van der Waals surface area (Å²) in [6.07, 6.45) is 6.44. The maximum absolute atomic E-state index is 12.6. The van der Waals surface area contributed by atoms with Crippen LogP contribution in [0.4, 0.5) is 0 Å². The van der Waals surface area contributed by atoms with Gasteiger partial charge in [-0.15, -0.1) is 0 Å². The van der Waals surface area contributed by atoms with Gasteiger partial charge in [-0.1, -0.05) is 24.6 Å². The van der Waals surface area contributed by atoms with Crippen molar-refractivity contribution < 1.29 is 14.3 Å². The maximum atomic E-state index is 12.6. The van der Waals surface area contributed by atoms with Gasteiger partial charge >= 0.3 is 0 Å². The van der Waals surface area contributed by atoms with Crippen LogP contribution in [0.1, 0.15) is 48.9 Å². The average Bonchev–Trinajstić information content (AvgIpc) is 2.85. The maximum Gasteiger partial charge on any atom is 0.251 e. The van der Waals surface area contributed by atoms with E-state index < -0.39 is 0 Å². The molecule has 0 aromatic heterocycles. The minimum Gasteiger partial charge on any atom is -0.457 e. The lowest BCUT2D eigenvalue weighted by Gasteiger charge is -2.40. The molecule has 2 heterocycles. The number of likely N-dealkylation sites (tertiary alicyclic amines) is 2. The first-order valence-electron chi connectivity index (χ1n) is 11.8. The zero-order chi connectivity index (χ0) is 22.2. The van der Waals surface area contributed by atoms with E-state index in [1.54, 1.807) is 24.3 Å². The molecule has 2 aromatic carbocycles. The lowest BCUT2D eigenvalue weighted by molar-refractivity contribution is -0.132. The molecule has 2 fully saturated rings. The molecular formula is C26H33N3O3. The monoisotopic (exact) mass is 435 g/mol. The Hall–Kier alpha value is -2.86.